The molecule has 4 nitrogen and oxygen atoms in total. The Morgan fingerprint density at radius 2 is 1.42 bits per heavy atom. The van der Waals surface area contributed by atoms with E-state index in [2.05, 4.69) is 0 Å². The molecule has 24 heavy (non-hydrogen) atoms. The van der Waals surface area contributed by atoms with Crippen LogP contribution in [0.25, 0.3) is 0 Å². The molecule has 0 spiro atoms. The van der Waals surface area contributed by atoms with Crippen LogP contribution in [0.15, 0.2) is 48.5 Å². The summed E-state index contributed by atoms with van der Waals surface area (Å²) in [6.07, 6.45) is 0. The molecule has 0 aromatic heterocycles. The number of aryl methyl sites for hydroxylation is 1. The molecule has 0 N–H and O–H groups in total. The molecule has 2 aromatic carbocycles. The van der Waals surface area contributed by atoms with Crippen molar-refractivity contribution in [2.75, 3.05) is 6.79 Å². The summed E-state index contributed by atoms with van der Waals surface area (Å²) in [5.74, 6) is 1.21. The predicted octanol–water partition coefficient (Wildman–Crippen LogP) is 4.50. The van der Waals surface area contributed by atoms with Crippen molar-refractivity contribution in [3.63, 3.8) is 0 Å². The fourth-order valence-electron chi connectivity index (χ4n) is 1.85. The van der Waals surface area contributed by atoms with Crippen molar-refractivity contribution >= 4 is 5.97 Å². The van der Waals surface area contributed by atoms with Crippen molar-refractivity contribution in [1.29, 1.82) is 0 Å². The molecule has 0 heterocycles. The minimum atomic E-state index is -0.527. The first-order chi connectivity index (χ1) is 11.3. The third kappa shape index (κ3) is 5.61. The maximum atomic E-state index is 11.6. The van der Waals surface area contributed by atoms with Gasteiger partial charge in [0.1, 0.15) is 18.1 Å². The van der Waals surface area contributed by atoms with E-state index in [0.717, 1.165) is 11.3 Å². The van der Waals surface area contributed by atoms with Gasteiger partial charge in [-0.2, -0.15) is 0 Å². The molecule has 0 amide bonds. The lowest BCUT2D eigenvalue weighted by molar-refractivity contribution is -0.159. The maximum absolute atomic E-state index is 11.6. The summed E-state index contributed by atoms with van der Waals surface area (Å²) in [5.41, 5.74) is 1.71. The van der Waals surface area contributed by atoms with Crippen LogP contribution >= 0.6 is 0 Å². The Morgan fingerprint density at radius 1 is 0.875 bits per heavy atom. The van der Waals surface area contributed by atoms with Crippen molar-refractivity contribution < 1.29 is 19.0 Å². The summed E-state index contributed by atoms with van der Waals surface area (Å²) in [4.78, 5) is 11.6. The van der Waals surface area contributed by atoms with Gasteiger partial charge in [-0.1, -0.05) is 29.8 Å². The number of hydrogen-bond acceptors (Lipinski definition) is 4. The second-order valence-corrected chi connectivity index (χ2v) is 6.69. The lowest BCUT2D eigenvalue weighted by Gasteiger charge is -2.16. The quantitative estimate of drug-likeness (QED) is 0.578. The van der Waals surface area contributed by atoms with Crippen LogP contribution in [0.5, 0.6) is 11.5 Å². The number of carbonyl (C=O) groups is 1. The molecular weight excluding hydrogens is 304 g/mol. The van der Waals surface area contributed by atoms with Gasteiger partial charge in [-0.25, -0.2) is 0 Å². The minimum absolute atomic E-state index is 0.0880. The van der Waals surface area contributed by atoms with Gasteiger partial charge in [-0.3, -0.25) is 4.79 Å². The fraction of sp³-hybridized carbons (Fsp3) is 0.350. The van der Waals surface area contributed by atoms with Gasteiger partial charge in [-0.05, 0) is 57.5 Å². The van der Waals surface area contributed by atoms with Crippen molar-refractivity contribution in [3.8, 4) is 11.5 Å². The predicted molar refractivity (Wildman–Crippen MR) is 93.0 cm³/mol. The molecule has 128 valence electrons. The molecule has 0 saturated carbocycles. The highest BCUT2D eigenvalue weighted by Crippen LogP contribution is 2.18. The van der Waals surface area contributed by atoms with Crippen LogP contribution in [0, 0.1) is 12.3 Å². The SMILES string of the molecule is Cc1ccc(OCc2ccc(OCOC(=O)C(C)(C)C)cc2)cc1. The van der Waals surface area contributed by atoms with E-state index in [1.54, 1.807) is 20.8 Å². The molecular formula is C20H24O4. The number of rotatable bonds is 6. The lowest BCUT2D eigenvalue weighted by Crippen LogP contribution is -2.24. The molecule has 2 rings (SSSR count). The van der Waals surface area contributed by atoms with Crippen LogP contribution in [0.2, 0.25) is 0 Å². The summed E-state index contributed by atoms with van der Waals surface area (Å²) in [6.45, 7) is 7.85. The summed E-state index contributed by atoms with van der Waals surface area (Å²) < 4.78 is 16.2. The molecule has 0 radical (unpaired) electrons. The van der Waals surface area contributed by atoms with Crippen LogP contribution in [0.4, 0.5) is 0 Å². The highest BCUT2D eigenvalue weighted by molar-refractivity contribution is 5.75. The van der Waals surface area contributed by atoms with Gasteiger partial charge >= 0.3 is 5.97 Å². The van der Waals surface area contributed by atoms with Gasteiger partial charge in [0.15, 0.2) is 0 Å². The largest absolute Gasteiger partial charge is 0.489 e. The number of esters is 1. The molecule has 0 aliphatic rings. The summed E-state index contributed by atoms with van der Waals surface area (Å²) in [6, 6.07) is 15.5. The van der Waals surface area contributed by atoms with E-state index >= 15 is 0 Å². The third-order valence-electron chi connectivity index (χ3n) is 3.38. The monoisotopic (exact) mass is 328 g/mol. The zero-order valence-corrected chi connectivity index (χ0v) is 14.7. The zero-order valence-electron chi connectivity index (χ0n) is 14.7. The zero-order chi connectivity index (χ0) is 17.6. The standard InChI is InChI=1S/C20H24O4/c1-15-5-9-17(10-6-15)22-13-16-7-11-18(12-8-16)23-14-24-19(21)20(2,3)4/h5-12H,13-14H2,1-4H3. The molecule has 4 heteroatoms. The van der Waals surface area contributed by atoms with E-state index in [1.807, 2.05) is 55.5 Å². The lowest BCUT2D eigenvalue weighted by atomic mass is 9.98. The van der Waals surface area contributed by atoms with E-state index in [-0.39, 0.29) is 12.8 Å². The molecule has 0 bridgehead atoms. The van der Waals surface area contributed by atoms with E-state index in [0.29, 0.717) is 12.4 Å². The van der Waals surface area contributed by atoms with Crippen LogP contribution in [0.1, 0.15) is 31.9 Å². The molecule has 0 saturated heterocycles. The Hall–Kier alpha value is -2.49. The topological polar surface area (TPSA) is 44.8 Å². The summed E-state index contributed by atoms with van der Waals surface area (Å²) in [5, 5.41) is 0. The van der Waals surface area contributed by atoms with Crippen LogP contribution in [-0.2, 0) is 16.1 Å². The molecule has 2 aromatic rings. The third-order valence-corrected chi connectivity index (χ3v) is 3.38. The molecule has 0 aliphatic heterocycles. The average Bonchev–Trinajstić information content (AvgIpc) is 2.54. The van der Waals surface area contributed by atoms with Crippen molar-refractivity contribution in [3.05, 3.63) is 59.7 Å². The van der Waals surface area contributed by atoms with Crippen molar-refractivity contribution in [2.24, 2.45) is 5.41 Å². The van der Waals surface area contributed by atoms with Gasteiger partial charge in [0.25, 0.3) is 0 Å². The molecule has 0 aliphatic carbocycles. The fourth-order valence-corrected chi connectivity index (χ4v) is 1.85. The highest BCUT2D eigenvalue weighted by Gasteiger charge is 2.22. The maximum Gasteiger partial charge on any atom is 0.314 e. The Labute approximate surface area is 143 Å². The van der Waals surface area contributed by atoms with Gasteiger partial charge < -0.3 is 14.2 Å². The van der Waals surface area contributed by atoms with Crippen LogP contribution in [-0.4, -0.2) is 12.8 Å². The first kappa shape index (κ1) is 17.9. The second kappa shape index (κ2) is 7.86. The molecule has 0 unspecified atom stereocenters. The Balaban J connectivity index is 1.78. The first-order valence-electron chi connectivity index (χ1n) is 7.93. The normalized spacial score (nSPS) is 11.0. The number of ether oxygens (including phenoxy) is 3. The number of hydrogen-bond donors (Lipinski definition) is 0. The first-order valence-corrected chi connectivity index (χ1v) is 7.93. The van der Waals surface area contributed by atoms with Gasteiger partial charge in [0.2, 0.25) is 6.79 Å². The van der Waals surface area contributed by atoms with Gasteiger partial charge in [-0.15, -0.1) is 0 Å². The molecule has 0 atom stereocenters. The average molecular weight is 328 g/mol. The van der Waals surface area contributed by atoms with Crippen molar-refractivity contribution in [1.82, 2.24) is 0 Å². The van der Waals surface area contributed by atoms with E-state index in [4.69, 9.17) is 14.2 Å². The molecule has 0 fully saturated rings. The van der Waals surface area contributed by atoms with Gasteiger partial charge in [0, 0.05) is 0 Å². The number of benzene rings is 2. The number of carbonyl (C=O) groups excluding carboxylic acids is 1. The summed E-state index contributed by atoms with van der Waals surface area (Å²) in [7, 11) is 0. The van der Waals surface area contributed by atoms with E-state index in [9.17, 15) is 4.79 Å². The van der Waals surface area contributed by atoms with Crippen molar-refractivity contribution in [2.45, 2.75) is 34.3 Å². The summed E-state index contributed by atoms with van der Waals surface area (Å²) >= 11 is 0. The Morgan fingerprint density at radius 3 is 2.00 bits per heavy atom. The highest BCUT2D eigenvalue weighted by atomic mass is 16.7. The van der Waals surface area contributed by atoms with Gasteiger partial charge in [0.05, 0.1) is 5.41 Å². The van der Waals surface area contributed by atoms with E-state index in [1.165, 1.54) is 5.56 Å². The van der Waals surface area contributed by atoms with E-state index < -0.39 is 5.41 Å². The van der Waals surface area contributed by atoms with Crippen LogP contribution in [0.3, 0.4) is 0 Å². The second-order valence-electron chi connectivity index (χ2n) is 6.69. The van der Waals surface area contributed by atoms with Crippen LogP contribution < -0.4 is 9.47 Å². The minimum Gasteiger partial charge on any atom is -0.489 e. The Bertz CT molecular complexity index is 652. The smallest absolute Gasteiger partial charge is 0.314 e. The Kier molecular flexibility index (Phi) is 5.85.